The van der Waals surface area contributed by atoms with Crippen molar-refractivity contribution < 1.29 is 0 Å². The van der Waals surface area contributed by atoms with Gasteiger partial charge in [-0.15, -0.1) is 0 Å². The van der Waals surface area contributed by atoms with Gasteiger partial charge < -0.3 is 14.5 Å². The van der Waals surface area contributed by atoms with Gasteiger partial charge in [-0.1, -0.05) is 6.92 Å². The first kappa shape index (κ1) is 13.8. The molecule has 0 aliphatic carbocycles. The molecule has 3 aromatic heterocycles. The lowest BCUT2D eigenvalue weighted by atomic mass is 10.2. The standard InChI is InChI=1S/C16H21N5/c1-3-6-17-8-13-10-21(11-14-9-18-12-20(14)2)16-15(13)5-4-7-19-16/h4-5,7,9-10,12,17H,3,6,8,11H2,1-2H3. The fourth-order valence-electron chi connectivity index (χ4n) is 2.57. The van der Waals surface area contributed by atoms with Gasteiger partial charge in [0.05, 0.1) is 18.6 Å². The van der Waals surface area contributed by atoms with E-state index in [2.05, 4.69) is 39.0 Å². The third kappa shape index (κ3) is 2.83. The first-order chi connectivity index (χ1) is 10.3. The summed E-state index contributed by atoms with van der Waals surface area (Å²) in [6.07, 6.45) is 8.94. The van der Waals surface area contributed by atoms with Crippen LogP contribution in [-0.2, 0) is 20.1 Å². The highest BCUT2D eigenvalue weighted by Gasteiger charge is 2.10. The number of rotatable bonds is 6. The summed E-state index contributed by atoms with van der Waals surface area (Å²) in [5.41, 5.74) is 3.51. The molecule has 1 N–H and O–H groups in total. The van der Waals surface area contributed by atoms with Crippen LogP contribution < -0.4 is 5.32 Å². The molecular formula is C16H21N5. The van der Waals surface area contributed by atoms with Crippen LogP contribution in [0.15, 0.2) is 37.1 Å². The summed E-state index contributed by atoms with van der Waals surface area (Å²) in [5.74, 6) is 0. The average Bonchev–Trinajstić information content (AvgIpc) is 3.05. The summed E-state index contributed by atoms with van der Waals surface area (Å²) in [4.78, 5) is 8.73. The highest BCUT2D eigenvalue weighted by atomic mass is 15.1. The zero-order valence-corrected chi connectivity index (χ0v) is 12.6. The van der Waals surface area contributed by atoms with Crippen LogP contribution in [-0.4, -0.2) is 25.6 Å². The van der Waals surface area contributed by atoms with Crippen molar-refractivity contribution in [1.29, 1.82) is 0 Å². The Labute approximate surface area is 124 Å². The average molecular weight is 283 g/mol. The Morgan fingerprint density at radius 1 is 1.33 bits per heavy atom. The Hall–Kier alpha value is -2.14. The van der Waals surface area contributed by atoms with Gasteiger partial charge in [0, 0.05) is 37.6 Å². The Bertz CT molecular complexity index is 725. The van der Waals surface area contributed by atoms with Crippen LogP contribution in [0.2, 0.25) is 0 Å². The molecule has 0 unspecified atom stereocenters. The maximum Gasteiger partial charge on any atom is 0.140 e. The summed E-state index contributed by atoms with van der Waals surface area (Å²) >= 11 is 0. The highest BCUT2D eigenvalue weighted by molar-refractivity contribution is 5.80. The molecule has 0 atom stereocenters. The molecule has 0 aliphatic rings. The molecule has 0 aromatic carbocycles. The quantitative estimate of drug-likeness (QED) is 0.706. The third-order valence-corrected chi connectivity index (χ3v) is 3.71. The maximum atomic E-state index is 4.55. The fourth-order valence-corrected chi connectivity index (χ4v) is 2.57. The molecule has 0 radical (unpaired) electrons. The van der Waals surface area contributed by atoms with Crippen molar-refractivity contribution in [3.05, 3.63) is 48.3 Å². The molecule has 3 rings (SSSR count). The number of pyridine rings is 1. The van der Waals surface area contributed by atoms with Gasteiger partial charge in [-0.2, -0.15) is 0 Å². The summed E-state index contributed by atoms with van der Waals surface area (Å²) in [6, 6.07) is 4.14. The fraction of sp³-hybridized carbons (Fsp3) is 0.375. The van der Waals surface area contributed by atoms with Crippen LogP contribution in [0.4, 0.5) is 0 Å². The molecule has 21 heavy (non-hydrogen) atoms. The van der Waals surface area contributed by atoms with Gasteiger partial charge >= 0.3 is 0 Å². The summed E-state index contributed by atoms with van der Waals surface area (Å²) < 4.78 is 4.25. The minimum absolute atomic E-state index is 0.789. The van der Waals surface area contributed by atoms with E-state index < -0.39 is 0 Å². The molecule has 0 bridgehead atoms. The van der Waals surface area contributed by atoms with Crippen LogP contribution in [0.3, 0.4) is 0 Å². The van der Waals surface area contributed by atoms with Crippen LogP contribution in [0.1, 0.15) is 24.6 Å². The molecular weight excluding hydrogens is 262 g/mol. The maximum absolute atomic E-state index is 4.55. The summed E-state index contributed by atoms with van der Waals surface area (Å²) in [7, 11) is 2.02. The third-order valence-electron chi connectivity index (χ3n) is 3.71. The second kappa shape index (κ2) is 6.10. The lowest BCUT2D eigenvalue weighted by Crippen LogP contribution is -2.13. The SMILES string of the molecule is CCCNCc1cn(Cc2cncn2C)c2ncccc12. The highest BCUT2D eigenvalue weighted by Crippen LogP contribution is 2.20. The van der Waals surface area contributed by atoms with Gasteiger partial charge in [-0.05, 0) is 30.7 Å². The van der Waals surface area contributed by atoms with Crippen molar-refractivity contribution in [2.75, 3.05) is 6.54 Å². The minimum Gasteiger partial charge on any atom is -0.336 e. The van der Waals surface area contributed by atoms with E-state index >= 15 is 0 Å². The van der Waals surface area contributed by atoms with Gasteiger partial charge in [-0.25, -0.2) is 9.97 Å². The summed E-state index contributed by atoms with van der Waals surface area (Å²) in [5, 5.41) is 4.69. The molecule has 0 fully saturated rings. The largest absolute Gasteiger partial charge is 0.336 e. The van der Waals surface area contributed by atoms with E-state index in [1.165, 1.54) is 16.6 Å². The van der Waals surface area contributed by atoms with E-state index in [4.69, 9.17) is 0 Å². The van der Waals surface area contributed by atoms with Crippen LogP contribution in [0.25, 0.3) is 11.0 Å². The van der Waals surface area contributed by atoms with Crippen LogP contribution in [0.5, 0.6) is 0 Å². The van der Waals surface area contributed by atoms with Crippen molar-refractivity contribution >= 4 is 11.0 Å². The van der Waals surface area contributed by atoms with Gasteiger partial charge in [-0.3, -0.25) is 0 Å². The molecule has 0 spiro atoms. The van der Waals surface area contributed by atoms with E-state index in [1.807, 2.05) is 36.4 Å². The van der Waals surface area contributed by atoms with E-state index in [0.717, 1.165) is 31.7 Å². The van der Waals surface area contributed by atoms with Crippen molar-refractivity contribution in [3.8, 4) is 0 Å². The van der Waals surface area contributed by atoms with Crippen molar-refractivity contribution in [3.63, 3.8) is 0 Å². The van der Waals surface area contributed by atoms with E-state index in [0.29, 0.717) is 0 Å². The number of hydrogen-bond donors (Lipinski definition) is 1. The van der Waals surface area contributed by atoms with Gasteiger partial charge in [0.25, 0.3) is 0 Å². The Balaban J connectivity index is 1.93. The minimum atomic E-state index is 0.789. The molecule has 3 heterocycles. The predicted octanol–water partition coefficient (Wildman–Crippen LogP) is 2.32. The van der Waals surface area contributed by atoms with Gasteiger partial charge in [0.1, 0.15) is 5.65 Å². The van der Waals surface area contributed by atoms with E-state index in [-0.39, 0.29) is 0 Å². The van der Waals surface area contributed by atoms with Crippen molar-refractivity contribution in [2.45, 2.75) is 26.4 Å². The second-order valence-corrected chi connectivity index (χ2v) is 5.33. The van der Waals surface area contributed by atoms with Crippen LogP contribution in [0, 0.1) is 0 Å². The molecule has 0 aliphatic heterocycles. The lowest BCUT2D eigenvalue weighted by Gasteiger charge is -2.05. The number of aryl methyl sites for hydroxylation is 1. The molecule has 5 heteroatoms. The van der Waals surface area contributed by atoms with Crippen LogP contribution >= 0.6 is 0 Å². The molecule has 0 saturated carbocycles. The second-order valence-electron chi connectivity index (χ2n) is 5.33. The number of aromatic nitrogens is 4. The number of hydrogen-bond acceptors (Lipinski definition) is 3. The first-order valence-electron chi connectivity index (χ1n) is 7.38. The molecule has 110 valence electrons. The predicted molar refractivity (Wildman–Crippen MR) is 84.0 cm³/mol. The van der Waals surface area contributed by atoms with Gasteiger partial charge in [0.2, 0.25) is 0 Å². The van der Waals surface area contributed by atoms with Crippen molar-refractivity contribution in [1.82, 2.24) is 24.4 Å². The Morgan fingerprint density at radius 2 is 2.24 bits per heavy atom. The van der Waals surface area contributed by atoms with Gasteiger partial charge in [0.15, 0.2) is 0 Å². The van der Waals surface area contributed by atoms with E-state index in [1.54, 1.807) is 0 Å². The monoisotopic (exact) mass is 283 g/mol. The van der Waals surface area contributed by atoms with Crippen molar-refractivity contribution in [2.24, 2.45) is 7.05 Å². The Morgan fingerprint density at radius 3 is 3.00 bits per heavy atom. The normalized spacial score (nSPS) is 11.3. The molecule has 5 nitrogen and oxygen atoms in total. The van der Waals surface area contributed by atoms with E-state index in [9.17, 15) is 0 Å². The zero-order chi connectivity index (χ0) is 14.7. The molecule has 0 amide bonds. The topological polar surface area (TPSA) is 47.7 Å². The number of imidazole rings is 1. The lowest BCUT2D eigenvalue weighted by molar-refractivity contribution is 0.673. The number of nitrogens with zero attached hydrogens (tertiary/aromatic N) is 4. The summed E-state index contributed by atoms with van der Waals surface area (Å²) in [6.45, 7) is 4.89. The first-order valence-corrected chi connectivity index (χ1v) is 7.38. The molecule has 3 aromatic rings. The Kier molecular flexibility index (Phi) is 4.01. The zero-order valence-electron chi connectivity index (χ0n) is 12.6. The number of fused-ring (bicyclic) bond motifs is 1. The number of nitrogens with one attached hydrogen (secondary N) is 1. The smallest absolute Gasteiger partial charge is 0.140 e. The molecule has 0 saturated heterocycles.